The number of ether oxygens (including phenoxy) is 1. The molecule has 0 aliphatic carbocycles. The smallest absolute Gasteiger partial charge is 0.334 e. The third kappa shape index (κ3) is 22.1. The van der Waals surface area contributed by atoms with E-state index in [1.807, 2.05) is 0 Å². The van der Waals surface area contributed by atoms with Crippen molar-refractivity contribution in [2.24, 2.45) is 0 Å². The highest BCUT2D eigenvalue weighted by atomic mass is 16.5. The van der Waals surface area contributed by atoms with Crippen molar-refractivity contribution < 1.29 is 14.6 Å². The first-order valence-electron chi connectivity index (χ1n) is 13.6. The molecular formula is C27H54O3. The minimum atomic E-state index is -0.924. The first kappa shape index (κ1) is 29.4. The van der Waals surface area contributed by atoms with Crippen molar-refractivity contribution in [2.45, 2.75) is 161 Å². The first-order chi connectivity index (χ1) is 14.7. The van der Waals surface area contributed by atoms with Gasteiger partial charge in [0, 0.05) is 0 Å². The highest BCUT2D eigenvalue weighted by Crippen LogP contribution is 2.13. The summed E-state index contributed by atoms with van der Waals surface area (Å²) < 4.78 is 5.24. The number of esters is 1. The SMILES string of the molecule is CCCCCCCCCCCCCC(O)C(=O)OCCCCCCCCCCCC. The van der Waals surface area contributed by atoms with Crippen LogP contribution in [0, 0.1) is 0 Å². The van der Waals surface area contributed by atoms with Gasteiger partial charge in [0.2, 0.25) is 0 Å². The Labute approximate surface area is 188 Å². The molecule has 30 heavy (non-hydrogen) atoms. The van der Waals surface area contributed by atoms with E-state index in [1.54, 1.807) is 0 Å². The number of carbonyl (C=O) groups excluding carboxylic acids is 1. The van der Waals surface area contributed by atoms with Gasteiger partial charge in [0.05, 0.1) is 6.61 Å². The zero-order chi connectivity index (χ0) is 22.1. The summed E-state index contributed by atoms with van der Waals surface area (Å²) in [6, 6.07) is 0. The van der Waals surface area contributed by atoms with Gasteiger partial charge >= 0.3 is 5.97 Å². The predicted molar refractivity (Wildman–Crippen MR) is 130 cm³/mol. The molecular weight excluding hydrogens is 372 g/mol. The molecule has 0 saturated heterocycles. The summed E-state index contributed by atoms with van der Waals surface area (Å²) in [6.45, 7) is 4.98. The number of carbonyl (C=O) groups is 1. The van der Waals surface area contributed by atoms with Crippen molar-refractivity contribution in [3.63, 3.8) is 0 Å². The Morgan fingerprint density at radius 1 is 0.567 bits per heavy atom. The van der Waals surface area contributed by atoms with Gasteiger partial charge in [-0.3, -0.25) is 0 Å². The highest BCUT2D eigenvalue weighted by molar-refractivity contribution is 5.74. The Bertz CT molecular complexity index is 343. The fourth-order valence-corrected chi connectivity index (χ4v) is 3.98. The maximum absolute atomic E-state index is 11.8. The van der Waals surface area contributed by atoms with Crippen LogP contribution < -0.4 is 0 Å². The predicted octanol–water partition coefficient (Wildman–Crippen LogP) is 8.51. The van der Waals surface area contributed by atoms with Gasteiger partial charge in [-0.15, -0.1) is 0 Å². The van der Waals surface area contributed by atoms with Crippen LogP contribution in [0.3, 0.4) is 0 Å². The standard InChI is InChI=1S/C27H54O3/c1-3-5-7-9-11-13-15-16-18-20-22-24-26(28)27(29)30-25-23-21-19-17-14-12-10-8-6-4-2/h26,28H,3-25H2,1-2H3. The Morgan fingerprint density at radius 2 is 0.900 bits per heavy atom. The maximum atomic E-state index is 11.8. The van der Waals surface area contributed by atoms with E-state index in [-0.39, 0.29) is 0 Å². The van der Waals surface area contributed by atoms with Gasteiger partial charge in [0.15, 0.2) is 6.10 Å². The molecule has 0 aliphatic rings. The van der Waals surface area contributed by atoms with E-state index >= 15 is 0 Å². The molecule has 0 fully saturated rings. The molecule has 0 amide bonds. The molecule has 180 valence electrons. The summed E-state index contributed by atoms with van der Waals surface area (Å²) in [6.07, 6.45) is 26.4. The van der Waals surface area contributed by atoms with Gasteiger partial charge in [0.25, 0.3) is 0 Å². The van der Waals surface area contributed by atoms with E-state index in [1.165, 1.54) is 109 Å². The molecule has 0 aromatic heterocycles. The Kier molecular flexibility index (Phi) is 24.2. The lowest BCUT2D eigenvalue weighted by molar-refractivity contribution is -0.154. The van der Waals surface area contributed by atoms with Crippen molar-refractivity contribution in [3.05, 3.63) is 0 Å². The lowest BCUT2D eigenvalue weighted by Crippen LogP contribution is -2.23. The van der Waals surface area contributed by atoms with Crippen LogP contribution in [0.15, 0.2) is 0 Å². The zero-order valence-corrected chi connectivity index (χ0v) is 20.6. The molecule has 3 nitrogen and oxygen atoms in total. The van der Waals surface area contributed by atoms with Gasteiger partial charge < -0.3 is 9.84 Å². The summed E-state index contributed by atoms with van der Waals surface area (Å²) >= 11 is 0. The van der Waals surface area contributed by atoms with Gasteiger partial charge in [-0.25, -0.2) is 4.79 Å². The van der Waals surface area contributed by atoms with Crippen molar-refractivity contribution in [2.75, 3.05) is 6.61 Å². The van der Waals surface area contributed by atoms with Gasteiger partial charge in [-0.2, -0.15) is 0 Å². The molecule has 1 unspecified atom stereocenters. The molecule has 0 bridgehead atoms. The van der Waals surface area contributed by atoms with Crippen molar-refractivity contribution in [1.29, 1.82) is 0 Å². The normalized spacial score (nSPS) is 12.2. The molecule has 1 atom stereocenters. The molecule has 0 aromatic carbocycles. The Morgan fingerprint density at radius 3 is 1.30 bits per heavy atom. The first-order valence-corrected chi connectivity index (χ1v) is 13.6. The third-order valence-corrected chi connectivity index (χ3v) is 6.10. The van der Waals surface area contributed by atoms with E-state index in [0.717, 1.165) is 25.7 Å². The van der Waals surface area contributed by atoms with E-state index in [0.29, 0.717) is 13.0 Å². The van der Waals surface area contributed by atoms with Crippen molar-refractivity contribution >= 4 is 5.97 Å². The Balaban J connectivity index is 3.30. The lowest BCUT2D eigenvalue weighted by Gasteiger charge is -2.10. The quantitative estimate of drug-likeness (QED) is 0.124. The summed E-state index contributed by atoms with van der Waals surface area (Å²) in [4.78, 5) is 11.8. The number of hydrogen-bond acceptors (Lipinski definition) is 3. The number of unbranched alkanes of at least 4 members (excludes halogenated alkanes) is 19. The average Bonchev–Trinajstić information content (AvgIpc) is 2.75. The minimum absolute atomic E-state index is 0.419. The second-order valence-corrected chi connectivity index (χ2v) is 9.19. The van der Waals surface area contributed by atoms with Crippen LogP contribution in [0.2, 0.25) is 0 Å². The minimum Gasteiger partial charge on any atom is -0.464 e. The highest BCUT2D eigenvalue weighted by Gasteiger charge is 2.15. The average molecular weight is 427 g/mol. The Hall–Kier alpha value is -0.570. The molecule has 0 aromatic rings. The van der Waals surface area contributed by atoms with Crippen molar-refractivity contribution in [1.82, 2.24) is 0 Å². The molecule has 1 N–H and O–H groups in total. The van der Waals surface area contributed by atoms with Crippen LogP contribution in [-0.2, 0) is 9.53 Å². The van der Waals surface area contributed by atoms with E-state index in [2.05, 4.69) is 13.8 Å². The molecule has 0 radical (unpaired) electrons. The largest absolute Gasteiger partial charge is 0.464 e. The second kappa shape index (κ2) is 24.7. The number of rotatable bonds is 24. The van der Waals surface area contributed by atoms with E-state index in [4.69, 9.17) is 4.74 Å². The topological polar surface area (TPSA) is 46.5 Å². The maximum Gasteiger partial charge on any atom is 0.334 e. The van der Waals surface area contributed by atoms with Crippen LogP contribution in [0.4, 0.5) is 0 Å². The fraction of sp³-hybridized carbons (Fsp3) is 0.963. The number of hydrogen-bond donors (Lipinski definition) is 1. The van der Waals surface area contributed by atoms with Crippen LogP contribution in [0.1, 0.15) is 155 Å². The molecule has 3 heteroatoms. The van der Waals surface area contributed by atoms with E-state index in [9.17, 15) is 9.90 Å². The summed E-state index contributed by atoms with van der Waals surface area (Å²) in [5.74, 6) is -0.419. The fourth-order valence-electron chi connectivity index (χ4n) is 3.98. The number of aliphatic hydroxyl groups excluding tert-OH is 1. The van der Waals surface area contributed by atoms with Crippen LogP contribution in [0.25, 0.3) is 0 Å². The third-order valence-electron chi connectivity index (χ3n) is 6.10. The zero-order valence-electron chi connectivity index (χ0n) is 20.6. The second-order valence-electron chi connectivity index (χ2n) is 9.19. The molecule has 0 spiro atoms. The molecule has 0 aliphatic heterocycles. The number of aliphatic hydroxyl groups is 1. The molecule has 0 heterocycles. The summed E-state index contributed by atoms with van der Waals surface area (Å²) in [7, 11) is 0. The van der Waals surface area contributed by atoms with E-state index < -0.39 is 12.1 Å². The molecule has 0 rings (SSSR count). The summed E-state index contributed by atoms with van der Waals surface area (Å²) in [5, 5.41) is 9.95. The molecule has 0 saturated carbocycles. The van der Waals surface area contributed by atoms with Gasteiger partial charge in [-0.1, -0.05) is 142 Å². The lowest BCUT2D eigenvalue weighted by atomic mass is 10.0. The summed E-state index contributed by atoms with van der Waals surface area (Å²) in [5.41, 5.74) is 0. The van der Waals surface area contributed by atoms with Gasteiger partial charge in [0.1, 0.15) is 0 Å². The monoisotopic (exact) mass is 426 g/mol. The van der Waals surface area contributed by atoms with Crippen LogP contribution in [-0.4, -0.2) is 23.8 Å². The van der Waals surface area contributed by atoms with Crippen LogP contribution >= 0.6 is 0 Å². The van der Waals surface area contributed by atoms with Gasteiger partial charge in [-0.05, 0) is 12.8 Å². The van der Waals surface area contributed by atoms with Crippen molar-refractivity contribution in [3.8, 4) is 0 Å². The van der Waals surface area contributed by atoms with Crippen LogP contribution in [0.5, 0.6) is 0 Å².